The summed E-state index contributed by atoms with van der Waals surface area (Å²) in [6, 6.07) is 18.5. The summed E-state index contributed by atoms with van der Waals surface area (Å²) in [5.74, 6) is 1.88. The Morgan fingerprint density at radius 1 is 0.741 bits per heavy atom. The lowest BCUT2D eigenvalue weighted by Gasteiger charge is -2.34. The minimum atomic E-state index is 0. The molecule has 2 aromatic carbocycles. The van der Waals surface area contributed by atoms with E-state index in [1.165, 1.54) is 5.56 Å². The van der Waals surface area contributed by atoms with E-state index < -0.39 is 0 Å². The van der Waals surface area contributed by atoms with Gasteiger partial charge in [-0.15, -0.1) is 24.8 Å². The van der Waals surface area contributed by atoms with Gasteiger partial charge in [-0.05, 0) is 36.2 Å². The maximum atomic E-state index is 5.79. The maximum absolute atomic E-state index is 5.79. The Kier molecular flexibility index (Phi) is 11.2. The molecule has 0 bridgehead atoms. The van der Waals surface area contributed by atoms with Gasteiger partial charge in [-0.2, -0.15) is 0 Å². The molecule has 4 nitrogen and oxygen atoms in total. The predicted octanol–water partition coefficient (Wildman–Crippen LogP) is 3.78. The highest BCUT2D eigenvalue weighted by Crippen LogP contribution is 2.13. The van der Waals surface area contributed by atoms with Gasteiger partial charge in [0.05, 0.1) is 7.11 Å². The zero-order chi connectivity index (χ0) is 17.3. The van der Waals surface area contributed by atoms with E-state index in [-0.39, 0.29) is 24.8 Å². The zero-order valence-electron chi connectivity index (χ0n) is 15.9. The second kappa shape index (κ2) is 12.8. The van der Waals surface area contributed by atoms with E-state index in [4.69, 9.17) is 9.47 Å². The van der Waals surface area contributed by atoms with Gasteiger partial charge in [-0.25, -0.2) is 0 Å². The summed E-state index contributed by atoms with van der Waals surface area (Å²) in [6.45, 7) is 7.42. The van der Waals surface area contributed by atoms with Crippen LogP contribution in [0.3, 0.4) is 0 Å². The van der Waals surface area contributed by atoms with Crippen molar-refractivity contribution in [2.75, 3.05) is 53.0 Å². The van der Waals surface area contributed by atoms with Gasteiger partial charge in [0.2, 0.25) is 0 Å². The number of ether oxygens (including phenoxy) is 2. The van der Waals surface area contributed by atoms with E-state index in [1.807, 2.05) is 42.5 Å². The first kappa shape index (κ1) is 23.6. The number of para-hydroxylation sites is 1. The van der Waals surface area contributed by atoms with Crippen molar-refractivity contribution in [3.05, 3.63) is 60.2 Å². The molecule has 6 heteroatoms. The van der Waals surface area contributed by atoms with Gasteiger partial charge in [0.15, 0.2) is 0 Å². The van der Waals surface area contributed by atoms with Crippen LogP contribution in [-0.2, 0) is 6.42 Å². The van der Waals surface area contributed by atoms with Crippen molar-refractivity contribution >= 4 is 24.8 Å². The Hall–Kier alpha value is -1.46. The standard InChI is InChI=1S/C21H28N2O2.2ClH/c1-24-20-9-7-19(8-10-20)11-12-22-13-15-23(16-14-22)17-18-25-21-5-3-2-4-6-21;;/h2-10H,11-18H2,1H3;2*1H. The lowest BCUT2D eigenvalue weighted by Crippen LogP contribution is -2.47. The minimum Gasteiger partial charge on any atom is -0.497 e. The molecule has 27 heavy (non-hydrogen) atoms. The van der Waals surface area contributed by atoms with Crippen LogP contribution in [0.1, 0.15) is 5.56 Å². The minimum absolute atomic E-state index is 0. The average molecular weight is 413 g/mol. The van der Waals surface area contributed by atoms with Crippen molar-refractivity contribution < 1.29 is 9.47 Å². The van der Waals surface area contributed by atoms with Gasteiger partial charge in [-0.1, -0.05) is 30.3 Å². The molecule has 0 unspecified atom stereocenters. The van der Waals surface area contributed by atoms with Gasteiger partial charge >= 0.3 is 0 Å². The van der Waals surface area contributed by atoms with Gasteiger partial charge in [-0.3, -0.25) is 4.90 Å². The molecule has 1 aliphatic heterocycles. The number of benzene rings is 2. The first-order valence-corrected chi connectivity index (χ1v) is 9.09. The molecule has 0 amide bonds. The van der Waals surface area contributed by atoms with Crippen LogP contribution in [0.4, 0.5) is 0 Å². The second-order valence-corrected chi connectivity index (χ2v) is 6.44. The summed E-state index contributed by atoms with van der Waals surface area (Å²) >= 11 is 0. The van der Waals surface area contributed by atoms with Crippen molar-refractivity contribution in [1.29, 1.82) is 0 Å². The first-order chi connectivity index (χ1) is 12.3. The topological polar surface area (TPSA) is 24.9 Å². The molecule has 0 aromatic heterocycles. The number of hydrogen-bond acceptors (Lipinski definition) is 4. The molecule has 0 saturated carbocycles. The zero-order valence-corrected chi connectivity index (χ0v) is 17.5. The number of halogens is 2. The maximum Gasteiger partial charge on any atom is 0.119 e. The van der Waals surface area contributed by atoms with Crippen molar-refractivity contribution in [2.45, 2.75) is 6.42 Å². The smallest absolute Gasteiger partial charge is 0.119 e. The Morgan fingerprint density at radius 2 is 1.33 bits per heavy atom. The highest BCUT2D eigenvalue weighted by atomic mass is 35.5. The van der Waals surface area contributed by atoms with E-state index in [0.717, 1.165) is 63.8 Å². The number of methoxy groups -OCH3 is 1. The third kappa shape index (κ3) is 7.97. The van der Waals surface area contributed by atoms with Gasteiger partial charge in [0.25, 0.3) is 0 Å². The van der Waals surface area contributed by atoms with Crippen LogP contribution in [0.15, 0.2) is 54.6 Å². The molecule has 0 N–H and O–H groups in total. The third-order valence-electron chi connectivity index (χ3n) is 4.76. The number of piperazine rings is 1. The molecule has 1 fully saturated rings. The van der Waals surface area contributed by atoms with Gasteiger partial charge in [0.1, 0.15) is 18.1 Å². The molecule has 2 aromatic rings. The fraction of sp³-hybridized carbons (Fsp3) is 0.429. The van der Waals surface area contributed by atoms with E-state index in [2.05, 4.69) is 21.9 Å². The van der Waals surface area contributed by atoms with E-state index >= 15 is 0 Å². The van der Waals surface area contributed by atoms with Crippen molar-refractivity contribution in [1.82, 2.24) is 9.80 Å². The lowest BCUT2D eigenvalue weighted by molar-refractivity contribution is 0.118. The van der Waals surface area contributed by atoms with Crippen LogP contribution in [0.25, 0.3) is 0 Å². The molecule has 1 heterocycles. The summed E-state index contributed by atoms with van der Waals surface area (Å²) in [6.07, 6.45) is 1.10. The van der Waals surface area contributed by atoms with E-state index in [1.54, 1.807) is 7.11 Å². The van der Waals surface area contributed by atoms with Crippen LogP contribution in [-0.4, -0.2) is 62.8 Å². The van der Waals surface area contributed by atoms with Gasteiger partial charge < -0.3 is 14.4 Å². The predicted molar refractivity (Wildman–Crippen MR) is 116 cm³/mol. The number of hydrogen-bond donors (Lipinski definition) is 0. The molecule has 0 aliphatic carbocycles. The summed E-state index contributed by atoms with van der Waals surface area (Å²) in [5.41, 5.74) is 1.37. The third-order valence-corrected chi connectivity index (χ3v) is 4.76. The molecular formula is C21H30Cl2N2O2. The monoisotopic (exact) mass is 412 g/mol. The van der Waals surface area contributed by atoms with Crippen molar-refractivity contribution in [2.24, 2.45) is 0 Å². The van der Waals surface area contributed by atoms with Crippen LogP contribution in [0, 0.1) is 0 Å². The fourth-order valence-corrected chi connectivity index (χ4v) is 3.13. The number of nitrogens with zero attached hydrogens (tertiary/aromatic N) is 2. The van der Waals surface area contributed by atoms with Crippen molar-refractivity contribution in [3.8, 4) is 11.5 Å². The SMILES string of the molecule is COc1ccc(CCN2CCN(CCOc3ccccc3)CC2)cc1.Cl.Cl. The molecular weight excluding hydrogens is 383 g/mol. The van der Waals surface area contributed by atoms with Crippen LogP contribution in [0.2, 0.25) is 0 Å². The highest BCUT2D eigenvalue weighted by Gasteiger charge is 2.16. The van der Waals surface area contributed by atoms with Crippen LogP contribution in [0.5, 0.6) is 11.5 Å². The molecule has 0 spiro atoms. The Balaban J connectivity index is 0.00000182. The fourth-order valence-electron chi connectivity index (χ4n) is 3.13. The molecule has 0 atom stereocenters. The van der Waals surface area contributed by atoms with Gasteiger partial charge in [0, 0.05) is 39.3 Å². The molecule has 1 saturated heterocycles. The first-order valence-electron chi connectivity index (χ1n) is 9.09. The van der Waals surface area contributed by atoms with Crippen LogP contribution >= 0.6 is 24.8 Å². The lowest BCUT2D eigenvalue weighted by atomic mass is 10.1. The summed E-state index contributed by atoms with van der Waals surface area (Å²) in [7, 11) is 1.71. The quantitative estimate of drug-likeness (QED) is 0.658. The van der Waals surface area contributed by atoms with Crippen LogP contribution < -0.4 is 9.47 Å². The summed E-state index contributed by atoms with van der Waals surface area (Å²) in [4.78, 5) is 5.05. The molecule has 150 valence electrons. The molecule has 1 aliphatic rings. The summed E-state index contributed by atoms with van der Waals surface area (Å²) in [5, 5.41) is 0. The van der Waals surface area contributed by atoms with E-state index in [9.17, 15) is 0 Å². The molecule has 0 radical (unpaired) electrons. The highest BCUT2D eigenvalue weighted by molar-refractivity contribution is 5.85. The number of rotatable bonds is 8. The van der Waals surface area contributed by atoms with Crippen molar-refractivity contribution in [3.63, 3.8) is 0 Å². The Labute approximate surface area is 175 Å². The largest absolute Gasteiger partial charge is 0.497 e. The van der Waals surface area contributed by atoms with E-state index in [0.29, 0.717) is 0 Å². The summed E-state index contributed by atoms with van der Waals surface area (Å²) < 4.78 is 11.0. The normalized spacial score (nSPS) is 14.7. The molecule has 3 rings (SSSR count). The Bertz CT molecular complexity index is 618. The Morgan fingerprint density at radius 3 is 1.93 bits per heavy atom. The average Bonchev–Trinajstić information content (AvgIpc) is 2.68. The second-order valence-electron chi connectivity index (χ2n) is 6.44.